The van der Waals surface area contributed by atoms with Crippen LogP contribution in [0, 0.1) is 80.4 Å². The van der Waals surface area contributed by atoms with Crippen molar-refractivity contribution in [1.29, 1.82) is 21.0 Å². The van der Waals surface area contributed by atoms with Gasteiger partial charge in [0.15, 0.2) is 23.3 Å². The first kappa shape index (κ1) is 20.4. The van der Waals surface area contributed by atoms with Gasteiger partial charge < -0.3 is 0 Å². The SMILES string of the molecule is N#CC(C#N)=c1c(F)c(F)c2c(F)nc3c(=C(C#N)C#N)c(F)c(F)c4c(F)cc1c2c43. The molecule has 0 bridgehead atoms. The second-order valence-corrected chi connectivity index (χ2v) is 6.36. The Bertz CT molecular complexity index is 1660. The van der Waals surface area contributed by atoms with Crippen LogP contribution >= 0.6 is 0 Å². The van der Waals surface area contributed by atoms with E-state index in [1.54, 1.807) is 0 Å². The monoisotopic (exact) mass is 437 g/mol. The van der Waals surface area contributed by atoms with Crippen LogP contribution in [0.15, 0.2) is 6.07 Å². The van der Waals surface area contributed by atoms with Crippen molar-refractivity contribution in [1.82, 2.24) is 4.98 Å². The van der Waals surface area contributed by atoms with Crippen molar-refractivity contribution < 1.29 is 26.3 Å². The molecule has 4 rings (SSSR count). The number of halogens is 6. The van der Waals surface area contributed by atoms with E-state index in [1.807, 2.05) is 0 Å². The highest BCUT2D eigenvalue weighted by molar-refractivity contribution is 6.23. The van der Waals surface area contributed by atoms with Gasteiger partial charge in [0.25, 0.3) is 0 Å². The molecule has 1 aromatic heterocycles. The number of hydrogen-bond acceptors (Lipinski definition) is 5. The van der Waals surface area contributed by atoms with Crippen LogP contribution in [0.1, 0.15) is 0 Å². The smallest absolute Gasteiger partial charge is 0.218 e. The summed E-state index contributed by atoms with van der Waals surface area (Å²) in [5.74, 6) is -10.8. The van der Waals surface area contributed by atoms with Crippen LogP contribution < -0.4 is 10.4 Å². The lowest BCUT2D eigenvalue weighted by molar-refractivity contribution is 0.502. The van der Waals surface area contributed by atoms with Gasteiger partial charge in [0.05, 0.1) is 21.5 Å². The van der Waals surface area contributed by atoms with E-state index >= 15 is 0 Å². The number of nitrogens with zero attached hydrogens (tertiary/aromatic N) is 5. The maximum Gasteiger partial charge on any atom is 0.224 e. The van der Waals surface area contributed by atoms with Gasteiger partial charge in [-0.3, -0.25) is 0 Å². The minimum absolute atomic E-state index is 0.400. The quantitative estimate of drug-likeness (QED) is 0.239. The summed E-state index contributed by atoms with van der Waals surface area (Å²) in [7, 11) is 0. The molecule has 11 heteroatoms. The Morgan fingerprint density at radius 1 is 0.625 bits per heavy atom. The average Bonchev–Trinajstić information content (AvgIpc) is 2.77. The molecule has 0 atom stereocenters. The van der Waals surface area contributed by atoms with Gasteiger partial charge >= 0.3 is 0 Å². The molecule has 0 unspecified atom stereocenters. The molecule has 3 aromatic carbocycles. The molecule has 0 aliphatic heterocycles. The van der Waals surface area contributed by atoms with Gasteiger partial charge in [0.2, 0.25) is 5.95 Å². The topological polar surface area (TPSA) is 108 Å². The predicted octanol–water partition coefficient (Wildman–Crippen LogP) is 3.21. The predicted molar refractivity (Wildman–Crippen MR) is 96.2 cm³/mol. The Labute approximate surface area is 172 Å². The van der Waals surface area contributed by atoms with Gasteiger partial charge in [-0.05, 0) is 11.5 Å². The molecular weight excluding hydrogens is 436 g/mol. The zero-order valence-electron chi connectivity index (χ0n) is 15.1. The van der Waals surface area contributed by atoms with E-state index in [2.05, 4.69) is 4.98 Å². The zero-order chi connectivity index (χ0) is 23.5. The van der Waals surface area contributed by atoms with E-state index in [-0.39, 0.29) is 0 Å². The highest BCUT2D eigenvalue weighted by Crippen LogP contribution is 2.37. The first-order valence-corrected chi connectivity index (χ1v) is 8.30. The summed E-state index contributed by atoms with van der Waals surface area (Å²) in [5.41, 5.74) is -2.95. The third-order valence-corrected chi connectivity index (χ3v) is 4.90. The van der Waals surface area contributed by atoms with Gasteiger partial charge in [0.1, 0.15) is 41.2 Å². The third-order valence-electron chi connectivity index (χ3n) is 4.90. The number of pyridine rings is 1. The summed E-state index contributed by atoms with van der Waals surface area (Å²) in [6.45, 7) is 0. The summed E-state index contributed by atoms with van der Waals surface area (Å²) in [6.07, 6.45) is 0. The molecule has 0 aliphatic carbocycles. The van der Waals surface area contributed by atoms with Crippen LogP contribution in [-0.2, 0) is 0 Å². The van der Waals surface area contributed by atoms with E-state index in [1.165, 1.54) is 24.3 Å². The van der Waals surface area contributed by atoms with Gasteiger partial charge in [-0.25, -0.2) is 26.9 Å². The Morgan fingerprint density at radius 3 is 1.69 bits per heavy atom. The van der Waals surface area contributed by atoms with Crippen molar-refractivity contribution in [3.8, 4) is 24.3 Å². The fourth-order valence-corrected chi connectivity index (χ4v) is 3.66. The molecule has 0 N–H and O–H groups in total. The minimum atomic E-state index is -1.91. The number of aromatic nitrogens is 1. The van der Waals surface area contributed by atoms with Crippen molar-refractivity contribution >= 4 is 43.6 Å². The first-order chi connectivity index (χ1) is 15.2. The van der Waals surface area contributed by atoms with Crippen LogP contribution in [-0.4, -0.2) is 4.98 Å². The molecule has 0 aliphatic rings. The minimum Gasteiger partial charge on any atom is -0.218 e. The van der Waals surface area contributed by atoms with Gasteiger partial charge in [-0.2, -0.15) is 25.4 Å². The van der Waals surface area contributed by atoms with Crippen LogP contribution in [0.5, 0.6) is 0 Å². The molecule has 0 saturated carbocycles. The molecule has 5 nitrogen and oxygen atoms in total. The lowest BCUT2D eigenvalue weighted by Crippen LogP contribution is -2.21. The van der Waals surface area contributed by atoms with E-state index in [9.17, 15) is 26.3 Å². The summed E-state index contributed by atoms with van der Waals surface area (Å²) in [4.78, 5) is 3.28. The molecule has 0 spiro atoms. The third kappa shape index (κ3) is 2.34. The molecule has 1 heterocycles. The number of nitriles is 4. The number of hydrogen-bond donors (Lipinski definition) is 0. The van der Waals surface area contributed by atoms with Crippen molar-refractivity contribution in [2.75, 3.05) is 0 Å². The first-order valence-electron chi connectivity index (χ1n) is 8.30. The van der Waals surface area contributed by atoms with Crippen molar-refractivity contribution in [2.45, 2.75) is 0 Å². The Morgan fingerprint density at radius 2 is 1.12 bits per heavy atom. The summed E-state index contributed by atoms with van der Waals surface area (Å²) < 4.78 is 88.8. The molecule has 152 valence electrons. The highest BCUT2D eigenvalue weighted by atomic mass is 19.2. The van der Waals surface area contributed by atoms with E-state index < -0.39 is 89.1 Å². The van der Waals surface area contributed by atoms with Crippen LogP contribution in [0.4, 0.5) is 26.3 Å². The summed E-state index contributed by atoms with van der Waals surface area (Å²) in [5, 5.41) is 29.8. The van der Waals surface area contributed by atoms with E-state index in [0.29, 0.717) is 6.07 Å². The van der Waals surface area contributed by atoms with Crippen molar-refractivity contribution in [3.63, 3.8) is 0 Å². The second kappa shape index (κ2) is 6.84. The molecule has 0 saturated heterocycles. The largest absolute Gasteiger partial charge is 0.224 e. The van der Waals surface area contributed by atoms with Crippen LogP contribution in [0.25, 0.3) is 43.6 Å². The van der Waals surface area contributed by atoms with Crippen LogP contribution in [0.3, 0.4) is 0 Å². The van der Waals surface area contributed by atoms with E-state index in [0.717, 1.165) is 0 Å². The van der Waals surface area contributed by atoms with Gasteiger partial charge in [-0.15, -0.1) is 0 Å². The fourth-order valence-electron chi connectivity index (χ4n) is 3.66. The Kier molecular flexibility index (Phi) is 4.36. The molecule has 0 fully saturated rings. The van der Waals surface area contributed by atoms with Crippen LogP contribution in [0.2, 0.25) is 0 Å². The highest BCUT2D eigenvalue weighted by Gasteiger charge is 2.29. The number of benzene rings is 3. The molecule has 0 amide bonds. The molecule has 32 heavy (non-hydrogen) atoms. The van der Waals surface area contributed by atoms with E-state index in [4.69, 9.17) is 21.0 Å². The van der Waals surface area contributed by atoms with Crippen molar-refractivity contribution in [2.24, 2.45) is 0 Å². The summed E-state index contributed by atoms with van der Waals surface area (Å²) in [6, 6.07) is 5.57. The van der Waals surface area contributed by atoms with Gasteiger partial charge in [0, 0.05) is 16.0 Å². The molecule has 4 aromatic rings. The molecular formula is C21HF6N5. The maximum absolute atomic E-state index is 14.9. The second-order valence-electron chi connectivity index (χ2n) is 6.36. The Balaban J connectivity index is 2.65. The fraction of sp³-hybridized carbons (Fsp3) is 0. The normalized spacial score (nSPS) is 10.7. The summed E-state index contributed by atoms with van der Waals surface area (Å²) >= 11 is 0. The molecule has 0 radical (unpaired) electrons. The lowest BCUT2D eigenvalue weighted by Gasteiger charge is -2.15. The standard InChI is InChI=1S/C21HF6N5/c22-9-1-8-10(6(2-28)3-29)16(23)19(26)15-12(8)14-13(9)18(25)17(24)11(7(4-30)5-31)20(14)32-21(15)27/h1H. The number of rotatable bonds is 0. The van der Waals surface area contributed by atoms with Crippen molar-refractivity contribution in [3.05, 3.63) is 51.5 Å². The average molecular weight is 437 g/mol. The Hall–Kier alpha value is -4.87. The maximum atomic E-state index is 14.9. The zero-order valence-corrected chi connectivity index (χ0v) is 15.1. The van der Waals surface area contributed by atoms with Gasteiger partial charge in [-0.1, -0.05) is 0 Å². The lowest BCUT2D eigenvalue weighted by atomic mass is 9.92.